The topological polar surface area (TPSA) is 122 Å². The van der Waals surface area contributed by atoms with Crippen molar-refractivity contribution in [2.45, 2.75) is 20.0 Å². The average Bonchev–Trinajstić information content (AvgIpc) is 2.34. The Hall–Kier alpha value is -1.86. The Labute approximate surface area is 104 Å². The minimum atomic E-state index is -0.915. The summed E-state index contributed by atoms with van der Waals surface area (Å²) in [4.78, 5) is 10.3. The van der Waals surface area contributed by atoms with Crippen LogP contribution < -0.4 is 11.1 Å². The summed E-state index contributed by atoms with van der Waals surface area (Å²) >= 11 is 0. The van der Waals surface area contributed by atoms with Crippen LogP contribution in [0.3, 0.4) is 0 Å². The molecular formula is C11H17N3O4. The molecule has 0 aliphatic rings. The van der Waals surface area contributed by atoms with Gasteiger partial charge in [-0.15, -0.1) is 0 Å². The molecule has 7 heteroatoms. The minimum absolute atomic E-state index is 0.109. The van der Waals surface area contributed by atoms with E-state index in [-0.39, 0.29) is 24.5 Å². The molecule has 0 aliphatic carbocycles. The molecule has 7 nitrogen and oxygen atoms in total. The highest BCUT2D eigenvalue weighted by molar-refractivity contribution is 5.73. The molecule has 0 saturated carbocycles. The van der Waals surface area contributed by atoms with E-state index in [1.807, 2.05) is 0 Å². The van der Waals surface area contributed by atoms with Crippen LogP contribution in [-0.2, 0) is 0 Å². The van der Waals surface area contributed by atoms with Crippen molar-refractivity contribution < 1.29 is 15.1 Å². The molecule has 1 unspecified atom stereocenters. The number of hydrogen-bond acceptors (Lipinski definition) is 6. The number of nitrogens with one attached hydrogen (secondary N) is 1. The quantitative estimate of drug-likeness (QED) is 0.346. The second kappa shape index (κ2) is 5.65. The number of aliphatic hydroxyl groups is 2. The Kier molecular flexibility index (Phi) is 4.46. The van der Waals surface area contributed by atoms with Gasteiger partial charge >= 0.3 is 0 Å². The van der Waals surface area contributed by atoms with Gasteiger partial charge in [-0.3, -0.25) is 10.1 Å². The van der Waals surface area contributed by atoms with E-state index in [2.05, 4.69) is 5.32 Å². The molecule has 1 rings (SSSR count). The van der Waals surface area contributed by atoms with Crippen LogP contribution in [-0.4, -0.2) is 34.4 Å². The third-order valence-electron chi connectivity index (χ3n) is 2.86. The standard InChI is InChI=1S/C11H17N3O4/c1-6-7(2)11(12)10(14(17)18)3-9(6)13-4-8(16)5-15/h3,8,13,15-16H,4-5,12H2,1-2H3. The Balaban J connectivity index is 3.08. The number of nitrogens with zero attached hydrogens (tertiary/aromatic N) is 1. The van der Waals surface area contributed by atoms with E-state index in [4.69, 9.17) is 10.8 Å². The molecule has 0 radical (unpaired) electrons. The van der Waals surface area contributed by atoms with Gasteiger partial charge < -0.3 is 21.3 Å². The highest BCUT2D eigenvalue weighted by atomic mass is 16.6. The Bertz CT molecular complexity index is 462. The molecule has 0 aliphatic heterocycles. The van der Waals surface area contributed by atoms with Crippen LogP contribution in [0.5, 0.6) is 0 Å². The lowest BCUT2D eigenvalue weighted by Crippen LogP contribution is -2.23. The van der Waals surface area contributed by atoms with Gasteiger partial charge in [0.2, 0.25) is 0 Å². The number of nitrogens with two attached hydrogens (primary N) is 1. The first kappa shape index (κ1) is 14.2. The maximum atomic E-state index is 10.8. The van der Waals surface area contributed by atoms with Gasteiger partial charge in [0.05, 0.1) is 17.6 Å². The number of anilines is 2. The summed E-state index contributed by atoms with van der Waals surface area (Å²) in [6, 6.07) is 1.34. The fraction of sp³-hybridized carbons (Fsp3) is 0.455. The second-order valence-corrected chi connectivity index (χ2v) is 4.08. The average molecular weight is 255 g/mol. The number of nitrogen functional groups attached to an aromatic ring is 1. The van der Waals surface area contributed by atoms with E-state index in [0.29, 0.717) is 11.3 Å². The summed E-state index contributed by atoms with van der Waals surface area (Å²) in [6.45, 7) is 3.22. The van der Waals surface area contributed by atoms with Crippen LogP contribution in [0, 0.1) is 24.0 Å². The lowest BCUT2D eigenvalue weighted by atomic mass is 10.0. The second-order valence-electron chi connectivity index (χ2n) is 4.08. The van der Waals surface area contributed by atoms with Gasteiger partial charge in [-0.1, -0.05) is 0 Å². The number of nitro benzene ring substituents is 1. The highest BCUT2D eigenvalue weighted by Gasteiger charge is 2.18. The van der Waals surface area contributed by atoms with Crippen molar-refractivity contribution in [2.75, 3.05) is 24.2 Å². The van der Waals surface area contributed by atoms with Crippen LogP contribution in [0.25, 0.3) is 0 Å². The molecule has 0 fully saturated rings. The largest absolute Gasteiger partial charge is 0.394 e. The zero-order chi connectivity index (χ0) is 13.9. The van der Waals surface area contributed by atoms with Gasteiger partial charge in [-0.05, 0) is 25.0 Å². The van der Waals surface area contributed by atoms with Crippen molar-refractivity contribution in [1.29, 1.82) is 0 Å². The van der Waals surface area contributed by atoms with Gasteiger partial charge in [0, 0.05) is 18.3 Å². The fourth-order valence-electron chi connectivity index (χ4n) is 1.55. The smallest absolute Gasteiger partial charge is 0.294 e. The number of rotatable bonds is 5. The summed E-state index contributed by atoms with van der Waals surface area (Å²) in [7, 11) is 0. The molecular weight excluding hydrogens is 238 g/mol. The summed E-state index contributed by atoms with van der Waals surface area (Å²) < 4.78 is 0. The summed E-state index contributed by atoms with van der Waals surface area (Å²) in [6.07, 6.45) is -0.915. The van der Waals surface area contributed by atoms with Gasteiger partial charge in [-0.25, -0.2) is 0 Å². The number of hydrogen-bond donors (Lipinski definition) is 4. The number of aliphatic hydroxyl groups excluding tert-OH is 2. The van der Waals surface area contributed by atoms with E-state index in [1.54, 1.807) is 13.8 Å². The SMILES string of the molecule is Cc1c(NCC(O)CO)cc([N+](=O)[O-])c(N)c1C. The molecule has 18 heavy (non-hydrogen) atoms. The Morgan fingerprint density at radius 3 is 2.61 bits per heavy atom. The third-order valence-corrected chi connectivity index (χ3v) is 2.86. The van der Waals surface area contributed by atoms with Crippen molar-refractivity contribution in [3.8, 4) is 0 Å². The maximum absolute atomic E-state index is 10.8. The highest BCUT2D eigenvalue weighted by Crippen LogP contribution is 2.33. The van der Waals surface area contributed by atoms with Gasteiger partial charge in [0.25, 0.3) is 5.69 Å². The lowest BCUT2D eigenvalue weighted by molar-refractivity contribution is -0.383. The molecule has 1 aromatic rings. The summed E-state index contributed by atoms with van der Waals surface area (Å²) in [5, 5.41) is 31.6. The van der Waals surface area contributed by atoms with Crippen LogP contribution in [0.15, 0.2) is 6.07 Å². The summed E-state index contributed by atoms with van der Waals surface area (Å²) in [5.41, 5.74) is 7.59. The molecule has 5 N–H and O–H groups in total. The van der Waals surface area contributed by atoms with Crippen LogP contribution in [0.2, 0.25) is 0 Å². The van der Waals surface area contributed by atoms with Crippen LogP contribution >= 0.6 is 0 Å². The fourth-order valence-corrected chi connectivity index (χ4v) is 1.55. The molecule has 1 aromatic carbocycles. The van der Waals surface area contributed by atoms with E-state index in [9.17, 15) is 15.2 Å². The molecule has 0 spiro atoms. The Morgan fingerprint density at radius 2 is 2.11 bits per heavy atom. The lowest BCUT2D eigenvalue weighted by Gasteiger charge is -2.15. The molecule has 0 bridgehead atoms. The first-order chi connectivity index (χ1) is 8.38. The maximum Gasteiger partial charge on any atom is 0.294 e. The third kappa shape index (κ3) is 2.88. The molecule has 0 heterocycles. The monoisotopic (exact) mass is 255 g/mol. The molecule has 1 atom stereocenters. The predicted octanol–water partition coefficient (Wildman–Crippen LogP) is 0.559. The zero-order valence-corrected chi connectivity index (χ0v) is 10.3. The van der Waals surface area contributed by atoms with Crippen LogP contribution in [0.1, 0.15) is 11.1 Å². The van der Waals surface area contributed by atoms with E-state index >= 15 is 0 Å². The number of benzene rings is 1. The Morgan fingerprint density at radius 1 is 1.50 bits per heavy atom. The van der Waals surface area contributed by atoms with E-state index < -0.39 is 11.0 Å². The molecule has 100 valence electrons. The number of nitro groups is 1. The van der Waals surface area contributed by atoms with Gasteiger partial charge in [0.15, 0.2) is 0 Å². The molecule has 0 amide bonds. The van der Waals surface area contributed by atoms with Gasteiger partial charge in [0.1, 0.15) is 5.69 Å². The first-order valence-corrected chi connectivity index (χ1v) is 5.45. The van der Waals surface area contributed by atoms with Crippen molar-refractivity contribution in [1.82, 2.24) is 0 Å². The zero-order valence-electron chi connectivity index (χ0n) is 10.3. The summed E-state index contributed by atoms with van der Waals surface area (Å²) in [5.74, 6) is 0. The van der Waals surface area contributed by atoms with Crippen LogP contribution in [0.4, 0.5) is 17.1 Å². The van der Waals surface area contributed by atoms with Crippen molar-refractivity contribution in [3.05, 3.63) is 27.3 Å². The van der Waals surface area contributed by atoms with Crippen molar-refractivity contribution in [3.63, 3.8) is 0 Å². The van der Waals surface area contributed by atoms with Crippen molar-refractivity contribution >= 4 is 17.1 Å². The van der Waals surface area contributed by atoms with E-state index in [1.165, 1.54) is 6.07 Å². The van der Waals surface area contributed by atoms with Crippen molar-refractivity contribution in [2.24, 2.45) is 0 Å². The van der Waals surface area contributed by atoms with Gasteiger partial charge in [-0.2, -0.15) is 0 Å². The molecule has 0 saturated heterocycles. The van der Waals surface area contributed by atoms with E-state index in [0.717, 1.165) is 5.56 Å². The normalized spacial score (nSPS) is 12.2. The first-order valence-electron chi connectivity index (χ1n) is 5.45. The molecule has 0 aromatic heterocycles. The minimum Gasteiger partial charge on any atom is -0.394 e. The predicted molar refractivity (Wildman–Crippen MR) is 68.6 cm³/mol.